The van der Waals surface area contributed by atoms with E-state index in [9.17, 15) is 21.6 Å². The Balaban J connectivity index is 1.59. The van der Waals surface area contributed by atoms with E-state index in [1.165, 1.54) is 19.3 Å². The summed E-state index contributed by atoms with van der Waals surface area (Å²) in [6, 6.07) is 23.1. The van der Waals surface area contributed by atoms with Gasteiger partial charge in [-0.05, 0) is 71.5 Å². The Morgan fingerprint density at radius 1 is 0.737 bits per heavy atom. The number of ether oxygens (including phenoxy) is 2. The molecule has 10 heteroatoms. The minimum Gasteiger partial charge on any atom is -0.355 e. The maximum absolute atomic E-state index is 13.6. The van der Waals surface area contributed by atoms with Crippen molar-refractivity contribution in [3.05, 3.63) is 90.5 Å². The van der Waals surface area contributed by atoms with Crippen LogP contribution < -0.4 is 0 Å². The van der Waals surface area contributed by atoms with Gasteiger partial charge in [-0.2, -0.15) is 25.2 Å². The van der Waals surface area contributed by atoms with Gasteiger partial charge >= 0.3 is 15.6 Å². The molecule has 0 spiro atoms. The second-order valence-electron chi connectivity index (χ2n) is 9.00. The maximum atomic E-state index is 13.6. The second-order valence-corrected chi connectivity index (χ2v) is 13.4. The summed E-state index contributed by atoms with van der Waals surface area (Å²) in [4.78, 5) is 0.984. The molecule has 1 saturated carbocycles. The Kier molecular flexibility index (Phi) is 9.54. The summed E-state index contributed by atoms with van der Waals surface area (Å²) in [5.41, 5.74) is -4.69. The number of benzene rings is 3. The van der Waals surface area contributed by atoms with Gasteiger partial charge in [-0.15, -0.1) is 0 Å². The molecule has 0 atom stereocenters. The van der Waals surface area contributed by atoms with Gasteiger partial charge in [0.2, 0.25) is 0 Å². The topological polar surface area (TPSA) is 61.8 Å². The van der Waals surface area contributed by atoms with E-state index in [-0.39, 0.29) is 12.9 Å². The standard InChI is InChI=1S/C28H31F3O5S2/c29-28(30,31)38(32,33)36-37(25-12-6-2-7-13-25,26-14-8-3-9-15-26)27-18-16-23(17-19-27)20-21-34-22-35-24-10-4-1-5-11-24/h2-3,6-9,12-19,24H,1,4-5,10-11,20-22H2. The van der Waals surface area contributed by atoms with Gasteiger partial charge in [0.05, 0.1) is 12.7 Å². The normalized spacial score (nSPS) is 15.9. The van der Waals surface area contributed by atoms with Crippen LogP contribution in [-0.2, 0) is 29.6 Å². The van der Waals surface area contributed by atoms with Crippen LogP contribution in [0.2, 0.25) is 0 Å². The van der Waals surface area contributed by atoms with Crippen LogP contribution in [0.1, 0.15) is 37.7 Å². The second kappa shape index (κ2) is 12.7. The van der Waals surface area contributed by atoms with E-state index in [0.29, 0.717) is 27.7 Å². The Morgan fingerprint density at radius 3 is 1.79 bits per heavy atom. The quantitative estimate of drug-likeness (QED) is 0.135. The van der Waals surface area contributed by atoms with Crippen LogP contribution in [-0.4, -0.2) is 33.4 Å². The average Bonchev–Trinajstić information content (AvgIpc) is 2.93. The van der Waals surface area contributed by atoms with E-state index in [4.69, 9.17) is 13.1 Å². The predicted octanol–water partition coefficient (Wildman–Crippen LogP) is 7.62. The summed E-state index contributed by atoms with van der Waals surface area (Å²) in [6.07, 6.45) is 6.55. The van der Waals surface area contributed by atoms with Crippen molar-refractivity contribution in [3.63, 3.8) is 0 Å². The molecule has 4 rings (SSSR count). The highest BCUT2D eigenvalue weighted by Gasteiger charge is 2.52. The minimum absolute atomic E-state index is 0.223. The zero-order valence-corrected chi connectivity index (χ0v) is 22.4. The fourth-order valence-electron chi connectivity index (χ4n) is 4.40. The van der Waals surface area contributed by atoms with E-state index in [2.05, 4.69) is 0 Å². The van der Waals surface area contributed by atoms with Crippen LogP contribution in [0.5, 0.6) is 0 Å². The number of rotatable bonds is 11. The number of alkyl halides is 3. The van der Waals surface area contributed by atoms with Crippen molar-refractivity contribution in [1.29, 1.82) is 0 Å². The Labute approximate surface area is 223 Å². The molecule has 0 amide bonds. The lowest BCUT2D eigenvalue weighted by atomic mass is 9.98. The van der Waals surface area contributed by atoms with E-state index in [0.717, 1.165) is 18.4 Å². The Bertz CT molecular complexity index is 1210. The fourth-order valence-corrected chi connectivity index (χ4v) is 9.14. The fraction of sp³-hybridized carbons (Fsp3) is 0.357. The molecule has 3 aromatic carbocycles. The van der Waals surface area contributed by atoms with Gasteiger partial charge in [-0.3, -0.25) is 0 Å². The van der Waals surface area contributed by atoms with Crippen molar-refractivity contribution in [2.24, 2.45) is 0 Å². The monoisotopic (exact) mass is 568 g/mol. The zero-order valence-electron chi connectivity index (χ0n) is 20.8. The molecule has 0 aliphatic heterocycles. The van der Waals surface area contributed by atoms with Crippen LogP contribution in [0.3, 0.4) is 0 Å². The van der Waals surface area contributed by atoms with Crippen molar-refractivity contribution in [2.45, 2.75) is 64.8 Å². The van der Waals surface area contributed by atoms with E-state index < -0.39 is 25.9 Å². The molecule has 3 aromatic rings. The average molecular weight is 569 g/mol. The molecule has 1 fully saturated rings. The van der Waals surface area contributed by atoms with Crippen molar-refractivity contribution >= 4 is 20.4 Å². The van der Waals surface area contributed by atoms with Crippen molar-refractivity contribution < 1.29 is 34.7 Å². The number of hydrogen-bond acceptors (Lipinski definition) is 5. The summed E-state index contributed by atoms with van der Waals surface area (Å²) < 4.78 is 82.2. The summed E-state index contributed by atoms with van der Waals surface area (Å²) in [6.45, 7) is 0.640. The summed E-state index contributed by atoms with van der Waals surface area (Å²) in [5, 5.41) is 0. The third-order valence-electron chi connectivity index (χ3n) is 6.36. The first kappa shape index (κ1) is 28.6. The molecule has 0 N–H and O–H groups in total. The van der Waals surface area contributed by atoms with Gasteiger partial charge < -0.3 is 9.47 Å². The van der Waals surface area contributed by atoms with Crippen LogP contribution in [0.25, 0.3) is 0 Å². The first-order valence-electron chi connectivity index (χ1n) is 12.5. The minimum atomic E-state index is -5.94. The molecule has 0 saturated heterocycles. The van der Waals surface area contributed by atoms with Crippen molar-refractivity contribution in [1.82, 2.24) is 0 Å². The highest BCUT2D eigenvalue weighted by Crippen LogP contribution is 2.70. The molecule has 1 aliphatic rings. The molecule has 0 unspecified atom stereocenters. The van der Waals surface area contributed by atoms with Gasteiger partial charge in [-0.25, -0.2) is 0 Å². The van der Waals surface area contributed by atoms with Gasteiger partial charge in [-0.1, -0.05) is 67.8 Å². The lowest BCUT2D eigenvalue weighted by molar-refractivity contribution is -0.0975. The number of halogens is 3. The summed E-state index contributed by atoms with van der Waals surface area (Å²) in [7, 11) is -9.23. The van der Waals surface area contributed by atoms with Crippen LogP contribution in [0, 0.1) is 0 Å². The molecular weight excluding hydrogens is 537 g/mol. The lowest BCUT2D eigenvalue weighted by Crippen LogP contribution is -2.27. The first-order chi connectivity index (χ1) is 18.2. The van der Waals surface area contributed by atoms with Crippen LogP contribution in [0.4, 0.5) is 13.2 Å². The van der Waals surface area contributed by atoms with E-state index >= 15 is 0 Å². The molecule has 0 radical (unpaired) electrons. The van der Waals surface area contributed by atoms with Crippen LogP contribution in [0.15, 0.2) is 99.6 Å². The SMILES string of the molecule is O=S(=O)(OS(c1ccccc1)(c1ccccc1)c1ccc(CCOCOC2CCCCC2)cc1)C(F)(F)F. The van der Waals surface area contributed by atoms with Crippen molar-refractivity contribution in [2.75, 3.05) is 13.4 Å². The summed E-state index contributed by atoms with van der Waals surface area (Å²) in [5.74, 6) is 0. The molecule has 206 valence electrons. The maximum Gasteiger partial charge on any atom is 0.524 e. The van der Waals surface area contributed by atoms with Crippen LogP contribution >= 0.6 is 10.3 Å². The molecule has 0 bridgehead atoms. The summed E-state index contributed by atoms with van der Waals surface area (Å²) >= 11 is 0. The van der Waals surface area contributed by atoms with Gasteiger partial charge in [0.1, 0.15) is 6.79 Å². The van der Waals surface area contributed by atoms with E-state index in [1.807, 2.05) is 0 Å². The Hall–Kier alpha value is -2.37. The molecule has 0 aromatic heterocycles. The van der Waals surface area contributed by atoms with Crippen molar-refractivity contribution in [3.8, 4) is 0 Å². The Morgan fingerprint density at radius 2 is 1.26 bits per heavy atom. The third-order valence-corrected chi connectivity index (χ3v) is 11.3. The van der Waals surface area contributed by atoms with Gasteiger partial charge in [0.25, 0.3) is 0 Å². The van der Waals surface area contributed by atoms with Gasteiger partial charge in [0.15, 0.2) is 0 Å². The van der Waals surface area contributed by atoms with Gasteiger partial charge in [0, 0.05) is 14.7 Å². The highest BCUT2D eigenvalue weighted by molar-refractivity contribution is 8.33. The highest BCUT2D eigenvalue weighted by atomic mass is 32.3. The predicted molar refractivity (Wildman–Crippen MR) is 140 cm³/mol. The first-order valence-corrected chi connectivity index (χ1v) is 15.4. The molecule has 0 heterocycles. The smallest absolute Gasteiger partial charge is 0.355 e. The zero-order chi connectivity index (χ0) is 27.1. The van der Waals surface area contributed by atoms with E-state index in [1.54, 1.807) is 84.9 Å². The molecule has 1 aliphatic carbocycles. The molecular formula is C28H31F3O5S2. The lowest BCUT2D eigenvalue weighted by Gasteiger charge is -2.39. The molecule has 5 nitrogen and oxygen atoms in total. The molecule has 38 heavy (non-hydrogen) atoms. The number of hydrogen-bond donors (Lipinski definition) is 0. The third kappa shape index (κ3) is 6.79. The largest absolute Gasteiger partial charge is 0.524 e.